The summed E-state index contributed by atoms with van der Waals surface area (Å²) in [5, 5.41) is 51.5. The second-order valence-electron chi connectivity index (χ2n) is 15.9. The predicted octanol–water partition coefficient (Wildman–Crippen LogP) is 7.92. The fourth-order valence-corrected chi connectivity index (χ4v) is 7.86. The average molecular weight is 1000 g/mol. The first-order chi connectivity index (χ1) is 32.5. The molecule has 386 valence electrons. The molecule has 0 saturated heterocycles. The Bertz CT molecular complexity index is 1750. The number of hydrogen-bond donors (Lipinski definition) is 8. The Hall–Kier alpha value is -3.38. The van der Waals surface area contributed by atoms with E-state index < -0.39 is 89.6 Å². The van der Waals surface area contributed by atoms with E-state index in [4.69, 9.17) is 18.5 Å². The van der Waals surface area contributed by atoms with Gasteiger partial charge in [0.25, 0.3) is 0 Å². The fraction of sp³-hybridized carbons (Fsp3) is 0.592. The van der Waals surface area contributed by atoms with Gasteiger partial charge >= 0.3 is 27.6 Å². The number of unbranched alkanes of at least 4 members (excludes halogenated alkanes) is 5. The molecule has 0 spiro atoms. The van der Waals surface area contributed by atoms with Crippen molar-refractivity contribution in [3.8, 4) is 0 Å². The highest BCUT2D eigenvalue weighted by molar-refractivity contribution is 7.47. The SMILES string of the molecule is CC/C=C\C/C=C\C/C=C\C/C=C\C=C/C(O)C/C=C\CCC(=O)O[C@H](COC(=O)CCCCCCC/C=C\C/C=C\C/C=C\CC)COP(=O)(O)O[C@H]1C(O)C(O)C(O)[C@@H](OP(=O)(O)O)C1O. The lowest BCUT2D eigenvalue weighted by atomic mass is 9.85. The van der Waals surface area contributed by atoms with Crippen molar-refractivity contribution in [2.75, 3.05) is 13.2 Å². The third-order valence-electron chi connectivity index (χ3n) is 9.94. The minimum atomic E-state index is -5.39. The van der Waals surface area contributed by atoms with Gasteiger partial charge in [0.2, 0.25) is 0 Å². The summed E-state index contributed by atoms with van der Waals surface area (Å²) in [4.78, 5) is 54.3. The molecule has 0 bridgehead atoms. The summed E-state index contributed by atoms with van der Waals surface area (Å²) >= 11 is 0. The van der Waals surface area contributed by atoms with E-state index in [1.165, 1.54) is 0 Å². The van der Waals surface area contributed by atoms with Crippen LogP contribution in [0.1, 0.15) is 123 Å². The second-order valence-corrected chi connectivity index (χ2v) is 18.5. The highest BCUT2D eigenvalue weighted by Gasteiger charge is 2.54. The van der Waals surface area contributed by atoms with Crippen molar-refractivity contribution in [2.24, 2.45) is 0 Å². The number of hydrogen-bond acceptors (Lipinski definition) is 14. The Labute approximate surface area is 402 Å². The number of aliphatic hydroxyl groups excluding tert-OH is 5. The number of rotatable bonds is 37. The number of carbonyl (C=O) groups is 2. The van der Waals surface area contributed by atoms with Gasteiger partial charge in [-0.25, -0.2) is 9.13 Å². The van der Waals surface area contributed by atoms with Crippen LogP contribution in [0.5, 0.6) is 0 Å². The van der Waals surface area contributed by atoms with Gasteiger partial charge in [0.15, 0.2) is 6.10 Å². The largest absolute Gasteiger partial charge is 0.472 e. The summed E-state index contributed by atoms with van der Waals surface area (Å²) < 4.78 is 49.2. The minimum absolute atomic E-state index is 0.0571. The van der Waals surface area contributed by atoms with Crippen LogP contribution in [0.15, 0.2) is 109 Å². The molecule has 9 atom stereocenters. The molecule has 0 aromatic carbocycles. The zero-order valence-electron chi connectivity index (χ0n) is 39.6. The van der Waals surface area contributed by atoms with Crippen molar-refractivity contribution >= 4 is 27.6 Å². The Morgan fingerprint density at radius 2 is 1.06 bits per heavy atom. The number of carbonyl (C=O) groups excluding carboxylic acids is 2. The van der Waals surface area contributed by atoms with Crippen LogP contribution in [0.3, 0.4) is 0 Å². The zero-order chi connectivity index (χ0) is 50.5. The van der Waals surface area contributed by atoms with Crippen LogP contribution in [0, 0.1) is 0 Å². The number of ether oxygens (including phenoxy) is 2. The van der Waals surface area contributed by atoms with Crippen molar-refractivity contribution in [1.82, 2.24) is 0 Å². The van der Waals surface area contributed by atoms with Gasteiger partial charge < -0.3 is 49.7 Å². The third kappa shape index (κ3) is 32.4. The maximum absolute atomic E-state index is 13.0. The van der Waals surface area contributed by atoms with Crippen molar-refractivity contribution in [3.05, 3.63) is 109 Å². The van der Waals surface area contributed by atoms with Gasteiger partial charge in [0, 0.05) is 12.8 Å². The maximum atomic E-state index is 13.0. The molecule has 1 aliphatic rings. The normalized spacial score (nSPS) is 22.7. The lowest BCUT2D eigenvalue weighted by Gasteiger charge is -2.43. The predicted molar refractivity (Wildman–Crippen MR) is 261 cm³/mol. The molecule has 0 aromatic heterocycles. The maximum Gasteiger partial charge on any atom is 0.472 e. The van der Waals surface area contributed by atoms with Gasteiger partial charge in [0.05, 0.1) is 12.7 Å². The first-order valence-electron chi connectivity index (χ1n) is 23.5. The monoisotopic (exact) mass is 1000 g/mol. The summed E-state index contributed by atoms with van der Waals surface area (Å²) in [7, 11) is -10.8. The van der Waals surface area contributed by atoms with E-state index in [1.54, 1.807) is 24.3 Å². The van der Waals surface area contributed by atoms with E-state index in [0.29, 0.717) is 6.42 Å². The quantitative estimate of drug-likeness (QED) is 0.00965. The summed E-state index contributed by atoms with van der Waals surface area (Å²) in [5.41, 5.74) is 0. The van der Waals surface area contributed by atoms with Gasteiger partial charge in [-0.15, -0.1) is 0 Å². The van der Waals surface area contributed by atoms with Crippen molar-refractivity contribution in [2.45, 2.75) is 172 Å². The molecule has 0 aromatic rings. The average Bonchev–Trinajstić information content (AvgIpc) is 3.29. The first kappa shape index (κ1) is 62.6. The van der Waals surface area contributed by atoms with E-state index in [-0.39, 0.29) is 25.7 Å². The lowest BCUT2D eigenvalue weighted by molar-refractivity contribution is -0.216. The minimum Gasteiger partial charge on any atom is -0.462 e. The van der Waals surface area contributed by atoms with Gasteiger partial charge in [-0.3, -0.25) is 23.2 Å². The molecule has 1 rings (SSSR count). The number of phosphoric ester groups is 2. The first-order valence-corrected chi connectivity index (χ1v) is 26.6. The second kappa shape index (κ2) is 38.4. The molecular formula is C49H78O17P2. The Morgan fingerprint density at radius 1 is 0.544 bits per heavy atom. The smallest absolute Gasteiger partial charge is 0.462 e. The molecular weight excluding hydrogens is 922 g/mol. The summed E-state index contributed by atoms with van der Waals surface area (Å²) in [6.07, 6.45) is 32.1. The van der Waals surface area contributed by atoms with Gasteiger partial charge in [0.1, 0.15) is 43.2 Å². The molecule has 1 fully saturated rings. The molecule has 0 amide bonds. The number of esters is 2. The fourth-order valence-electron chi connectivity index (χ4n) is 6.32. The number of phosphoric acid groups is 2. The Morgan fingerprint density at radius 3 is 1.65 bits per heavy atom. The van der Waals surface area contributed by atoms with Crippen molar-refractivity contribution < 1.29 is 82.0 Å². The number of aliphatic hydroxyl groups is 5. The van der Waals surface area contributed by atoms with Crippen LogP contribution < -0.4 is 0 Å². The van der Waals surface area contributed by atoms with E-state index >= 15 is 0 Å². The zero-order valence-corrected chi connectivity index (χ0v) is 41.4. The molecule has 68 heavy (non-hydrogen) atoms. The third-order valence-corrected chi connectivity index (χ3v) is 11.4. The van der Waals surface area contributed by atoms with Crippen LogP contribution >= 0.6 is 15.6 Å². The van der Waals surface area contributed by atoms with E-state index in [2.05, 4.69) is 91.3 Å². The van der Waals surface area contributed by atoms with E-state index in [9.17, 15) is 58.9 Å². The Balaban J connectivity index is 2.71. The van der Waals surface area contributed by atoms with Crippen LogP contribution in [-0.4, -0.2) is 114 Å². The van der Waals surface area contributed by atoms with Crippen LogP contribution in [-0.2, 0) is 41.8 Å². The van der Waals surface area contributed by atoms with Crippen molar-refractivity contribution in [1.29, 1.82) is 0 Å². The topological polar surface area (TPSA) is 276 Å². The van der Waals surface area contributed by atoms with Gasteiger partial charge in [-0.05, 0) is 77.0 Å². The van der Waals surface area contributed by atoms with Gasteiger partial charge in [-0.1, -0.05) is 142 Å². The standard InChI is InChI=1S/C49H78O17P2/c1-3-5-7-9-11-13-15-17-18-20-22-24-26-28-32-36-42(51)62-38-41(39-63-68(60,61)66-49-46(55)44(53)45(54)48(47(49)56)65-67(57,58)59)64-43(52)37-33-29-31-35-40(50)34-30-27-25-23-21-19-16-14-12-10-8-6-4-2/h5-8,11-14,17-19,21,25,27,29-31,34,40-41,44-50,53-56H,3-4,9-10,15-16,20,22-24,26,28,32-33,35-39H2,1-2H3,(H,60,61)(H2,57,58,59)/b7-5-,8-6-,13-11-,14-12-,18-17-,21-19-,27-25-,31-29-,34-30-/t40?,41-,44?,45?,46?,47?,48-,49+/m1/s1. The molecule has 19 heteroatoms. The molecule has 0 radical (unpaired) electrons. The molecule has 17 nitrogen and oxygen atoms in total. The molecule has 0 aliphatic heterocycles. The van der Waals surface area contributed by atoms with E-state index in [1.807, 2.05) is 12.2 Å². The van der Waals surface area contributed by atoms with E-state index in [0.717, 1.165) is 77.0 Å². The van der Waals surface area contributed by atoms with Crippen LogP contribution in [0.2, 0.25) is 0 Å². The highest BCUT2D eigenvalue weighted by Crippen LogP contribution is 2.49. The lowest BCUT2D eigenvalue weighted by Crippen LogP contribution is -2.64. The summed E-state index contributed by atoms with van der Waals surface area (Å²) in [6, 6.07) is 0. The summed E-state index contributed by atoms with van der Waals surface area (Å²) in [5.74, 6) is -1.42. The van der Waals surface area contributed by atoms with Crippen LogP contribution in [0.25, 0.3) is 0 Å². The molecule has 0 heterocycles. The molecule has 6 unspecified atom stereocenters. The highest BCUT2D eigenvalue weighted by atomic mass is 31.2. The molecule has 1 saturated carbocycles. The molecule has 1 aliphatic carbocycles. The number of allylic oxidation sites excluding steroid dienone is 16. The van der Waals surface area contributed by atoms with Crippen molar-refractivity contribution in [3.63, 3.8) is 0 Å². The summed E-state index contributed by atoms with van der Waals surface area (Å²) in [6.45, 7) is 2.70. The Kier molecular flexibility index (Phi) is 35.4. The molecule has 8 N–H and O–H groups in total. The van der Waals surface area contributed by atoms with Gasteiger partial charge in [-0.2, -0.15) is 0 Å². The van der Waals surface area contributed by atoms with Crippen LogP contribution in [0.4, 0.5) is 0 Å².